The van der Waals surface area contributed by atoms with E-state index in [0.717, 1.165) is 81.3 Å². The standard InChI is InChI=1S/C26H36ClN5O3S/c1-26(2)34-17-19(35-26)11-15-31-12-4-3-7-21(31)24(33)32-13-9-18(10-14-32)20-6-5-8-23(29-20)30-25-28-16-22(27)36-25/h5-6,8,16,18-19,21H,3-4,7,9-15,17H2,1-2H3,(H,28,29,30)/t19-,21-/m0/s1. The molecule has 10 heteroatoms. The maximum absolute atomic E-state index is 13.6. The van der Waals surface area contributed by atoms with E-state index in [2.05, 4.69) is 26.2 Å². The topological polar surface area (TPSA) is 79.8 Å². The number of nitrogens with one attached hydrogen (secondary N) is 1. The minimum absolute atomic E-state index is 0.0126. The van der Waals surface area contributed by atoms with Crippen molar-refractivity contribution >= 4 is 39.8 Å². The molecule has 3 aliphatic rings. The number of rotatable bonds is 7. The molecule has 0 spiro atoms. The molecule has 0 aromatic carbocycles. The normalized spacial score (nSPS) is 25.2. The second-order valence-electron chi connectivity index (χ2n) is 10.4. The van der Waals surface area contributed by atoms with E-state index in [4.69, 9.17) is 26.1 Å². The van der Waals surface area contributed by atoms with Gasteiger partial charge in [0.25, 0.3) is 0 Å². The molecule has 2 aromatic rings. The summed E-state index contributed by atoms with van der Waals surface area (Å²) in [5.41, 5.74) is 1.07. The smallest absolute Gasteiger partial charge is 0.239 e. The van der Waals surface area contributed by atoms with Crippen LogP contribution in [-0.2, 0) is 14.3 Å². The van der Waals surface area contributed by atoms with Crippen molar-refractivity contribution < 1.29 is 14.3 Å². The molecule has 3 aliphatic heterocycles. The summed E-state index contributed by atoms with van der Waals surface area (Å²) in [5.74, 6) is 0.919. The molecule has 36 heavy (non-hydrogen) atoms. The summed E-state index contributed by atoms with van der Waals surface area (Å²) in [7, 11) is 0. The largest absolute Gasteiger partial charge is 0.348 e. The molecule has 0 unspecified atom stereocenters. The van der Waals surface area contributed by atoms with Gasteiger partial charge in [0, 0.05) is 31.2 Å². The Morgan fingerprint density at radius 3 is 2.78 bits per heavy atom. The summed E-state index contributed by atoms with van der Waals surface area (Å²) < 4.78 is 12.3. The van der Waals surface area contributed by atoms with Crippen molar-refractivity contribution in [2.45, 2.75) is 76.2 Å². The van der Waals surface area contributed by atoms with Gasteiger partial charge in [-0.1, -0.05) is 35.4 Å². The Morgan fingerprint density at radius 1 is 1.22 bits per heavy atom. The van der Waals surface area contributed by atoms with Crippen LogP contribution in [0.15, 0.2) is 24.4 Å². The van der Waals surface area contributed by atoms with Crippen molar-refractivity contribution in [1.29, 1.82) is 0 Å². The van der Waals surface area contributed by atoms with Crippen molar-refractivity contribution in [3.8, 4) is 0 Å². The van der Waals surface area contributed by atoms with Gasteiger partial charge in [-0.3, -0.25) is 9.69 Å². The summed E-state index contributed by atoms with van der Waals surface area (Å²) in [5, 5.41) is 3.97. The lowest BCUT2D eigenvalue weighted by Crippen LogP contribution is -2.53. The van der Waals surface area contributed by atoms with Crippen molar-refractivity contribution in [1.82, 2.24) is 19.8 Å². The maximum Gasteiger partial charge on any atom is 0.239 e. The molecule has 5 heterocycles. The van der Waals surface area contributed by atoms with Crippen LogP contribution < -0.4 is 5.32 Å². The summed E-state index contributed by atoms with van der Waals surface area (Å²) in [4.78, 5) is 27.1. The Kier molecular flexibility index (Phi) is 8.12. The van der Waals surface area contributed by atoms with Crippen molar-refractivity contribution in [2.24, 2.45) is 0 Å². The highest BCUT2D eigenvalue weighted by atomic mass is 35.5. The highest BCUT2D eigenvalue weighted by molar-refractivity contribution is 7.19. The fourth-order valence-corrected chi connectivity index (χ4v) is 6.35. The number of aromatic nitrogens is 2. The van der Waals surface area contributed by atoms with Crippen LogP contribution in [0.1, 0.15) is 64.0 Å². The van der Waals surface area contributed by atoms with Gasteiger partial charge in [-0.2, -0.15) is 0 Å². The fraction of sp³-hybridized carbons (Fsp3) is 0.654. The van der Waals surface area contributed by atoms with Gasteiger partial charge in [0.1, 0.15) is 10.2 Å². The number of pyridine rings is 1. The zero-order chi connectivity index (χ0) is 25.1. The molecule has 0 bridgehead atoms. The molecule has 5 rings (SSSR count). The molecule has 2 atom stereocenters. The number of ether oxygens (including phenoxy) is 2. The third-order valence-corrected chi connectivity index (χ3v) is 8.44. The first-order valence-electron chi connectivity index (χ1n) is 13.1. The molecule has 196 valence electrons. The minimum Gasteiger partial charge on any atom is -0.348 e. The number of halogens is 1. The maximum atomic E-state index is 13.6. The Balaban J connectivity index is 1.14. The first-order valence-corrected chi connectivity index (χ1v) is 14.3. The predicted molar refractivity (Wildman–Crippen MR) is 142 cm³/mol. The molecular formula is C26H36ClN5O3S. The first kappa shape index (κ1) is 25.9. The van der Waals surface area contributed by atoms with E-state index < -0.39 is 5.79 Å². The van der Waals surface area contributed by atoms with Crippen LogP contribution in [0.4, 0.5) is 10.9 Å². The third kappa shape index (κ3) is 6.37. The minimum atomic E-state index is -0.495. The number of nitrogens with zero attached hydrogens (tertiary/aromatic N) is 4. The summed E-state index contributed by atoms with van der Waals surface area (Å²) in [6, 6.07) is 6.04. The van der Waals surface area contributed by atoms with E-state index >= 15 is 0 Å². The zero-order valence-corrected chi connectivity index (χ0v) is 22.7. The van der Waals surface area contributed by atoms with Crippen LogP contribution in [0.3, 0.4) is 0 Å². The highest BCUT2D eigenvalue weighted by Gasteiger charge is 2.36. The van der Waals surface area contributed by atoms with E-state index in [0.29, 0.717) is 22.8 Å². The molecule has 0 radical (unpaired) electrons. The average Bonchev–Trinajstić information content (AvgIpc) is 3.46. The van der Waals surface area contributed by atoms with Gasteiger partial charge in [-0.25, -0.2) is 9.97 Å². The lowest BCUT2D eigenvalue weighted by molar-refractivity contribution is -0.143. The number of piperidine rings is 2. The van der Waals surface area contributed by atoms with E-state index in [1.807, 2.05) is 26.0 Å². The number of likely N-dealkylation sites (tertiary alicyclic amines) is 2. The molecule has 0 aliphatic carbocycles. The zero-order valence-electron chi connectivity index (χ0n) is 21.1. The number of thiazole rings is 1. The molecule has 1 N–H and O–H groups in total. The first-order chi connectivity index (χ1) is 17.4. The van der Waals surface area contributed by atoms with Gasteiger partial charge in [-0.05, 0) is 64.6 Å². The van der Waals surface area contributed by atoms with Gasteiger partial charge >= 0.3 is 0 Å². The van der Waals surface area contributed by atoms with Crippen molar-refractivity contribution in [3.63, 3.8) is 0 Å². The van der Waals surface area contributed by atoms with Gasteiger partial charge < -0.3 is 19.7 Å². The number of carbonyl (C=O) groups is 1. The Morgan fingerprint density at radius 2 is 2.06 bits per heavy atom. The van der Waals surface area contributed by atoms with Crippen LogP contribution in [0, 0.1) is 0 Å². The Bertz CT molecular complexity index is 1040. The number of anilines is 2. The molecule has 8 nitrogen and oxygen atoms in total. The Hall–Kier alpha value is -1.78. The number of amides is 1. The van der Waals surface area contributed by atoms with Crippen LogP contribution >= 0.6 is 22.9 Å². The molecule has 1 amide bonds. The quantitative estimate of drug-likeness (QED) is 0.534. The Labute approximate surface area is 222 Å². The van der Waals surface area contributed by atoms with Gasteiger partial charge in [0.15, 0.2) is 10.9 Å². The summed E-state index contributed by atoms with van der Waals surface area (Å²) in [6.45, 7) is 7.98. The van der Waals surface area contributed by atoms with E-state index in [-0.39, 0.29) is 12.1 Å². The van der Waals surface area contributed by atoms with E-state index in [1.165, 1.54) is 11.3 Å². The lowest BCUT2D eigenvalue weighted by Gasteiger charge is -2.40. The summed E-state index contributed by atoms with van der Waals surface area (Å²) >= 11 is 7.38. The van der Waals surface area contributed by atoms with Gasteiger partial charge in [-0.15, -0.1) is 0 Å². The third-order valence-electron chi connectivity index (χ3n) is 7.41. The van der Waals surface area contributed by atoms with Crippen molar-refractivity contribution in [3.05, 3.63) is 34.4 Å². The van der Waals surface area contributed by atoms with Crippen LogP contribution in [0.2, 0.25) is 4.34 Å². The summed E-state index contributed by atoms with van der Waals surface area (Å²) in [6.07, 6.45) is 7.73. The van der Waals surface area contributed by atoms with Gasteiger partial charge in [0.05, 0.1) is 24.9 Å². The van der Waals surface area contributed by atoms with Crippen LogP contribution in [0.25, 0.3) is 0 Å². The molecule has 3 fully saturated rings. The fourth-order valence-electron chi connectivity index (χ4n) is 5.53. The molecule has 2 aromatic heterocycles. The lowest BCUT2D eigenvalue weighted by atomic mass is 9.92. The number of hydrogen-bond acceptors (Lipinski definition) is 8. The second kappa shape index (κ2) is 11.3. The molecular weight excluding hydrogens is 498 g/mol. The highest BCUT2D eigenvalue weighted by Crippen LogP contribution is 2.31. The van der Waals surface area contributed by atoms with Crippen molar-refractivity contribution in [2.75, 3.05) is 38.1 Å². The number of carbonyl (C=O) groups excluding carboxylic acids is 1. The van der Waals surface area contributed by atoms with E-state index in [1.54, 1.807) is 6.20 Å². The molecule has 3 saturated heterocycles. The predicted octanol–water partition coefficient (Wildman–Crippen LogP) is 5.04. The number of hydrogen-bond donors (Lipinski definition) is 1. The van der Waals surface area contributed by atoms with Gasteiger partial charge in [0.2, 0.25) is 5.91 Å². The average molecular weight is 534 g/mol. The second-order valence-corrected chi connectivity index (χ2v) is 12.1. The van der Waals surface area contributed by atoms with E-state index in [9.17, 15) is 4.79 Å². The monoisotopic (exact) mass is 533 g/mol. The SMILES string of the molecule is CC1(C)OC[C@H](CCN2CCCC[C@H]2C(=O)N2CCC(c3cccc(Nc4ncc(Cl)s4)n3)CC2)O1. The van der Waals surface area contributed by atoms with Crippen LogP contribution in [-0.4, -0.2) is 76.4 Å². The van der Waals surface area contributed by atoms with Crippen LogP contribution in [0.5, 0.6) is 0 Å². The molecule has 0 saturated carbocycles.